The second-order valence-corrected chi connectivity index (χ2v) is 5.68. The Labute approximate surface area is 108 Å². The zero-order valence-corrected chi connectivity index (χ0v) is 11.5. The van der Waals surface area contributed by atoms with Gasteiger partial charge < -0.3 is 15.7 Å². The Morgan fingerprint density at radius 1 is 1.39 bits per heavy atom. The first-order valence-corrected chi connectivity index (χ1v) is 6.65. The minimum atomic E-state index is -0.879. The van der Waals surface area contributed by atoms with Gasteiger partial charge in [-0.2, -0.15) is 0 Å². The number of hydrogen-bond acceptors (Lipinski definition) is 2. The molecule has 1 aliphatic carbocycles. The summed E-state index contributed by atoms with van der Waals surface area (Å²) < 4.78 is 0. The molecule has 1 atom stereocenters. The van der Waals surface area contributed by atoms with Gasteiger partial charge in [0.2, 0.25) is 0 Å². The van der Waals surface area contributed by atoms with Crippen LogP contribution >= 0.6 is 0 Å². The van der Waals surface area contributed by atoms with Crippen LogP contribution in [0.15, 0.2) is 0 Å². The topological polar surface area (TPSA) is 78.4 Å². The average Bonchev–Trinajstić information content (AvgIpc) is 2.97. The molecule has 104 valence electrons. The first kappa shape index (κ1) is 14.8. The zero-order chi connectivity index (χ0) is 13.8. The number of carboxylic acids is 1. The molecule has 0 heterocycles. The van der Waals surface area contributed by atoms with Gasteiger partial charge in [0.05, 0.1) is 6.42 Å². The first-order valence-electron chi connectivity index (χ1n) is 6.65. The molecule has 5 heteroatoms. The van der Waals surface area contributed by atoms with Crippen LogP contribution in [-0.4, -0.2) is 28.7 Å². The quantitative estimate of drug-likeness (QED) is 0.653. The number of nitrogens with one attached hydrogen (secondary N) is 2. The number of aliphatic carboxylic acids is 1. The van der Waals surface area contributed by atoms with Crippen molar-refractivity contribution in [2.75, 3.05) is 0 Å². The van der Waals surface area contributed by atoms with Crippen molar-refractivity contribution in [3.05, 3.63) is 0 Å². The van der Waals surface area contributed by atoms with Gasteiger partial charge in [0.1, 0.15) is 0 Å². The lowest BCUT2D eigenvalue weighted by molar-refractivity contribution is -0.137. The van der Waals surface area contributed by atoms with Crippen LogP contribution in [0.5, 0.6) is 0 Å². The molecule has 1 aliphatic rings. The van der Waals surface area contributed by atoms with Crippen molar-refractivity contribution in [2.24, 2.45) is 5.92 Å². The van der Waals surface area contributed by atoms with Crippen molar-refractivity contribution in [3.8, 4) is 0 Å². The minimum Gasteiger partial charge on any atom is -0.481 e. The SMILES string of the molecule is CCCC(CC(=O)O)NC(=O)NC(C)(C)C1CC1. The number of carboxylic acid groups (broad SMARTS) is 1. The molecular weight excluding hydrogens is 232 g/mol. The van der Waals surface area contributed by atoms with Gasteiger partial charge in [-0.15, -0.1) is 0 Å². The van der Waals surface area contributed by atoms with Crippen LogP contribution in [0, 0.1) is 5.92 Å². The van der Waals surface area contributed by atoms with E-state index >= 15 is 0 Å². The summed E-state index contributed by atoms with van der Waals surface area (Å²) in [6.45, 7) is 6.00. The van der Waals surface area contributed by atoms with E-state index in [0.717, 1.165) is 19.3 Å². The van der Waals surface area contributed by atoms with E-state index in [-0.39, 0.29) is 24.0 Å². The van der Waals surface area contributed by atoms with Crippen LogP contribution < -0.4 is 10.6 Å². The van der Waals surface area contributed by atoms with Crippen LogP contribution in [0.25, 0.3) is 0 Å². The number of carbonyl (C=O) groups excluding carboxylic acids is 1. The Hall–Kier alpha value is -1.26. The Morgan fingerprint density at radius 2 is 2.00 bits per heavy atom. The third-order valence-electron chi connectivity index (χ3n) is 3.43. The molecule has 0 saturated heterocycles. The molecule has 0 aromatic heterocycles. The Morgan fingerprint density at radius 3 is 2.44 bits per heavy atom. The van der Waals surface area contributed by atoms with E-state index < -0.39 is 5.97 Å². The predicted octanol–water partition coefficient (Wildman–Crippen LogP) is 2.12. The summed E-state index contributed by atoms with van der Waals surface area (Å²) in [7, 11) is 0. The molecule has 2 amide bonds. The molecule has 1 rings (SSSR count). The van der Waals surface area contributed by atoms with Crippen LogP contribution in [0.4, 0.5) is 4.79 Å². The summed E-state index contributed by atoms with van der Waals surface area (Å²) in [4.78, 5) is 22.5. The van der Waals surface area contributed by atoms with E-state index in [4.69, 9.17) is 5.11 Å². The van der Waals surface area contributed by atoms with Gasteiger partial charge in [-0.3, -0.25) is 4.79 Å². The summed E-state index contributed by atoms with van der Waals surface area (Å²) in [6, 6.07) is -0.547. The fourth-order valence-electron chi connectivity index (χ4n) is 2.21. The van der Waals surface area contributed by atoms with Crippen molar-refractivity contribution < 1.29 is 14.7 Å². The Kier molecular flexibility index (Phi) is 4.99. The summed E-state index contributed by atoms with van der Waals surface area (Å²) >= 11 is 0. The maximum absolute atomic E-state index is 11.8. The molecule has 1 unspecified atom stereocenters. The summed E-state index contributed by atoms with van der Waals surface area (Å²) in [6.07, 6.45) is 3.82. The zero-order valence-electron chi connectivity index (χ0n) is 11.5. The smallest absolute Gasteiger partial charge is 0.315 e. The molecule has 0 bridgehead atoms. The molecule has 3 N–H and O–H groups in total. The van der Waals surface area contributed by atoms with Crippen molar-refractivity contribution in [2.45, 2.75) is 64.5 Å². The van der Waals surface area contributed by atoms with Crippen LogP contribution in [0.1, 0.15) is 52.9 Å². The fourth-order valence-corrected chi connectivity index (χ4v) is 2.21. The highest BCUT2D eigenvalue weighted by Crippen LogP contribution is 2.39. The van der Waals surface area contributed by atoms with E-state index in [1.54, 1.807) is 0 Å². The third kappa shape index (κ3) is 4.94. The Bertz CT molecular complexity index is 311. The highest BCUT2D eigenvalue weighted by atomic mass is 16.4. The van der Waals surface area contributed by atoms with Gasteiger partial charge in [0.25, 0.3) is 0 Å². The first-order chi connectivity index (χ1) is 8.35. The maximum atomic E-state index is 11.8. The highest BCUT2D eigenvalue weighted by Gasteiger charge is 2.38. The van der Waals surface area contributed by atoms with Gasteiger partial charge in [0.15, 0.2) is 0 Å². The number of urea groups is 1. The van der Waals surface area contributed by atoms with Crippen molar-refractivity contribution in [1.82, 2.24) is 10.6 Å². The van der Waals surface area contributed by atoms with E-state index in [1.165, 1.54) is 0 Å². The van der Waals surface area contributed by atoms with Crippen molar-refractivity contribution in [1.29, 1.82) is 0 Å². The average molecular weight is 256 g/mol. The third-order valence-corrected chi connectivity index (χ3v) is 3.43. The van der Waals surface area contributed by atoms with E-state index in [1.807, 2.05) is 20.8 Å². The standard InChI is InChI=1S/C13H24N2O3/c1-4-5-10(8-11(16)17)14-12(18)15-13(2,3)9-6-7-9/h9-10H,4-8H2,1-3H3,(H,16,17)(H2,14,15,18). The molecule has 0 spiro atoms. The lowest BCUT2D eigenvalue weighted by Gasteiger charge is -2.27. The molecule has 1 fully saturated rings. The van der Waals surface area contributed by atoms with Gasteiger partial charge in [-0.1, -0.05) is 13.3 Å². The highest BCUT2D eigenvalue weighted by molar-refractivity contribution is 5.76. The largest absolute Gasteiger partial charge is 0.481 e. The number of amides is 2. The van der Waals surface area contributed by atoms with Gasteiger partial charge in [-0.05, 0) is 39.0 Å². The van der Waals surface area contributed by atoms with Gasteiger partial charge >= 0.3 is 12.0 Å². The predicted molar refractivity (Wildman–Crippen MR) is 69.4 cm³/mol. The molecular formula is C13H24N2O3. The lowest BCUT2D eigenvalue weighted by atomic mass is 9.99. The summed E-state index contributed by atoms with van der Waals surface area (Å²) in [5.41, 5.74) is -0.204. The Balaban J connectivity index is 2.42. The lowest BCUT2D eigenvalue weighted by Crippen LogP contribution is -2.52. The van der Waals surface area contributed by atoms with Crippen molar-refractivity contribution in [3.63, 3.8) is 0 Å². The number of hydrogen-bond donors (Lipinski definition) is 3. The van der Waals surface area contributed by atoms with Crippen LogP contribution in [0.3, 0.4) is 0 Å². The molecule has 5 nitrogen and oxygen atoms in total. The fraction of sp³-hybridized carbons (Fsp3) is 0.846. The summed E-state index contributed by atoms with van der Waals surface area (Å²) in [5, 5.41) is 14.5. The molecule has 1 saturated carbocycles. The minimum absolute atomic E-state index is 0.0227. The number of carbonyl (C=O) groups is 2. The monoisotopic (exact) mass is 256 g/mol. The molecule has 0 radical (unpaired) electrons. The molecule has 0 aromatic carbocycles. The van der Waals surface area contributed by atoms with Crippen LogP contribution in [0.2, 0.25) is 0 Å². The summed E-state index contributed by atoms with van der Waals surface area (Å²) in [5.74, 6) is -0.331. The van der Waals surface area contributed by atoms with Crippen LogP contribution in [-0.2, 0) is 4.79 Å². The van der Waals surface area contributed by atoms with Gasteiger partial charge in [-0.25, -0.2) is 4.79 Å². The van der Waals surface area contributed by atoms with E-state index in [9.17, 15) is 9.59 Å². The molecule has 0 aliphatic heterocycles. The molecule has 18 heavy (non-hydrogen) atoms. The van der Waals surface area contributed by atoms with E-state index in [0.29, 0.717) is 12.3 Å². The second kappa shape index (κ2) is 6.07. The normalized spacial score (nSPS) is 17.1. The second-order valence-electron chi connectivity index (χ2n) is 5.68. The molecule has 0 aromatic rings. The van der Waals surface area contributed by atoms with Crippen molar-refractivity contribution >= 4 is 12.0 Å². The maximum Gasteiger partial charge on any atom is 0.315 e. The van der Waals surface area contributed by atoms with E-state index in [2.05, 4.69) is 10.6 Å². The van der Waals surface area contributed by atoms with Gasteiger partial charge in [0, 0.05) is 11.6 Å². The number of rotatable bonds is 7.